The zero-order chi connectivity index (χ0) is 13.2. The molecule has 0 aromatic carbocycles. The largest absolute Gasteiger partial charge is 0.447 e. The highest BCUT2D eigenvalue weighted by Crippen LogP contribution is 2.25. The highest BCUT2D eigenvalue weighted by atomic mass is 32.2. The fraction of sp³-hybridized carbons (Fsp3) is 0.636. The summed E-state index contributed by atoms with van der Waals surface area (Å²) in [4.78, 5) is 0. The molecule has 0 radical (unpaired) electrons. The first-order valence-electron chi connectivity index (χ1n) is 5.88. The summed E-state index contributed by atoms with van der Waals surface area (Å²) in [6.45, 7) is 3.01. The van der Waals surface area contributed by atoms with Crippen LogP contribution >= 0.6 is 11.8 Å². The zero-order valence-electron chi connectivity index (χ0n) is 10.5. The number of nitrogens with zero attached hydrogens (tertiary/aromatic N) is 1. The number of hydrogen-bond acceptors (Lipinski definition) is 5. The second-order valence-corrected chi connectivity index (χ2v) is 7.26. The Morgan fingerprint density at radius 1 is 1.56 bits per heavy atom. The van der Waals surface area contributed by atoms with Crippen molar-refractivity contribution in [2.75, 3.05) is 25.1 Å². The lowest BCUT2D eigenvalue weighted by Gasteiger charge is -2.30. The minimum absolute atomic E-state index is 0.0200. The first-order chi connectivity index (χ1) is 8.55. The quantitative estimate of drug-likeness (QED) is 0.900. The molecule has 102 valence electrons. The van der Waals surface area contributed by atoms with Gasteiger partial charge in [0.25, 0.3) is 10.0 Å². The number of thioether (sulfide) groups is 1. The minimum atomic E-state index is -3.48. The molecule has 0 saturated carbocycles. The van der Waals surface area contributed by atoms with Crippen LogP contribution in [-0.4, -0.2) is 43.9 Å². The van der Waals surface area contributed by atoms with Crippen LogP contribution in [0.25, 0.3) is 0 Å². The molecule has 1 fully saturated rings. The standard InChI is InChI=1S/C11H18N2O3S2/c1-9-8-17-6-5-13(9)18(14,15)11-4-3-10(16-11)7-12-2/h3-4,9,12H,5-8H2,1-2H3. The van der Waals surface area contributed by atoms with Crippen molar-refractivity contribution in [3.63, 3.8) is 0 Å². The van der Waals surface area contributed by atoms with Gasteiger partial charge < -0.3 is 9.73 Å². The molecule has 7 heteroatoms. The zero-order valence-corrected chi connectivity index (χ0v) is 12.2. The van der Waals surface area contributed by atoms with Gasteiger partial charge in [0.15, 0.2) is 0 Å². The normalized spacial score (nSPS) is 22.2. The van der Waals surface area contributed by atoms with Gasteiger partial charge in [0, 0.05) is 24.1 Å². The molecule has 1 aliphatic heterocycles. The second-order valence-electron chi connectivity index (χ2n) is 4.29. The van der Waals surface area contributed by atoms with Gasteiger partial charge in [-0.05, 0) is 26.1 Å². The Kier molecular flexibility index (Phi) is 4.37. The Balaban J connectivity index is 2.23. The summed E-state index contributed by atoms with van der Waals surface area (Å²) in [6.07, 6.45) is 0. The van der Waals surface area contributed by atoms with Gasteiger partial charge in [-0.25, -0.2) is 8.42 Å². The molecule has 1 unspecified atom stereocenters. The van der Waals surface area contributed by atoms with Crippen LogP contribution in [0.3, 0.4) is 0 Å². The van der Waals surface area contributed by atoms with E-state index in [2.05, 4.69) is 5.32 Å². The highest BCUT2D eigenvalue weighted by Gasteiger charge is 2.33. The van der Waals surface area contributed by atoms with Crippen LogP contribution in [0.1, 0.15) is 12.7 Å². The topological polar surface area (TPSA) is 62.6 Å². The molecule has 1 N–H and O–H groups in total. The number of furan rings is 1. The van der Waals surface area contributed by atoms with Crippen molar-refractivity contribution in [3.8, 4) is 0 Å². The molecular formula is C11H18N2O3S2. The molecule has 1 saturated heterocycles. The van der Waals surface area contributed by atoms with Crippen LogP contribution in [0.15, 0.2) is 21.6 Å². The van der Waals surface area contributed by atoms with Crippen molar-refractivity contribution in [2.45, 2.75) is 24.6 Å². The molecule has 1 aromatic heterocycles. The van der Waals surface area contributed by atoms with E-state index in [-0.39, 0.29) is 11.1 Å². The lowest BCUT2D eigenvalue weighted by molar-refractivity contribution is 0.339. The molecule has 18 heavy (non-hydrogen) atoms. The van der Waals surface area contributed by atoms with Crippen molar-refractivity contribution in [3.05, 3.63) is 17.9 Å². The van der Waals surface area contributed by atoms with Crippen molar-refractivity contribution in [2.24, 2.45) is 0 Å². The highest BCUT2D eigenvalue weighted by molar-refractivity contribution is 7.99. The summed E-state index contributed by atoms with van der Waals surface area (Å²) >= 11 is 1.78. The number of hydrogen-bond donors (Lipinski definition) is 1. The van der Waals surface area contributed by atoms with Crippen molar-refractivity contribution in [1.29, 1.82) is 0 Å². The maximum atomic E-state index is 12.4. The fourth-order valence-electron chi connectivity index (χ4n) is 1.95. The summed E-state index contributed by atoms with van der Waals surface area (Å²) in [5.41, 5.74) is 0. The number of nitrogens with one attached hydrogen (secondary N) is 1. The van der Waals surface area contributed by atoms with E-state index in [1.807, 2.05) is 6.92 Å². The second kappa shape index (κ2) is 5.64. The molecule has 0 spiro atoms. The number of rotatable bonds is 4. The van der Waals surface area contributed by atoms with Crippen LogP contribution in [0.4, 0.5) is 0 Å². The van der Waals surface area contributed by atoms with Gasteiger partial charge in [-0.1, -0.05) is 0 Å². The summed E-state index contributed by atoms with van der Waals surface area (Å²) in [5.74, 6) is 2.31. The molecule has 5 nitrogen and oxygen atoms in total. The summed E-state index contributed by atoms with van der Waals surface area (Å²) in [5, 5.41) is 2.98. The van der Waals surface area contributed by atoms with Crippen molar-refractivity contribution < 1.29 is 12.8 Å². The van der Waals surface area contributed by atoms with E-state index >= 15 is 0 Å². The Bertz CT molecular complexity index is 498. The van der Waals surface area contributed by atoms with E-state index in [0.717, 1.165) is 11.5 Å². The van der Waals surface area contributed by atoms with Crippen LogP contribution in [-0.2, 0) is 16.6 Å². The molecule has 2 rings (SSSR count). The van der Waals surface area contributed by atoms with E-state index < -0.39 is 10.0 Å². The van der Waals surface area contributed by atoms with Gasteiger partial charge in [0.05, 0.1) is 6.54 Å². The van der Waals surface area contributed by atoms with E-state index in [0.29, 0.717) is 18.8 Å². The van der Waals surface area contributed by atoms with Gasteiger partial charge in [-0.2, -0.15) is 16.1 Å². The van der Waals surface area contributed by atoms with Crippen LogP contribution in [0.2, 0.25) is 0 Å². The molecule has 0 amide bonds. The molecule has 0 aliphatic carbocycles. The molecule has 1 atom stereocenters. The van der Waals surface area contributed by atoms with Gasteiger partial charge in [0.2, 0.25) is 5.09 Å². The van der Waals surface area contributed by atoms with Crippen LogP contribution in [0.5, 0.6) is 0 Å². The van der Waals surface area contributed by atoms with E-state index in [1.54, 1.807) is 24.9 Å². The lowest BCUT2D eigenvalue weighted by atomic mass is 10.4. The van der Waals surface area contributed by atoms with E-state index in [1.165, 1.54) is 10.4 Å². The third-order valence-electron chi connectivity index (χ3n) is 2.86. The third kappa shape index (κ3) is 2.74. The van der Waals surface area contributed by atoms with Crippen molar-refractivity contribution >= 4 is 21.8 Å². The van der Waals surface area contributed by atoms with Crippen LogP contribution in [0, 0.1) is 0 Å². The van der Waals surface area contributed by atoms with E-state index in [4.69, 9.17) is 4.42 Å². The number of sulfonamides is 1. The average molecular weight is 290 g/mol. The van der Waals surface area contributed by atoms with Gasteiger partial charge in [-0.15, -0.1) is 0 Å². The van der Waals surface area contributed by atoms with E-state index in [9.17, 15) is 8.42 Å². The summed E-state index contributed by atoms with van der Waals surface area (Å²) in [6, 6.07) is 3.26. The van der Waals surface area contributed by atoms with Crippen molar-refractivity contribution in [1.82, 2.24) is 9.62 Å². The summed E-state index contributed by atoms with van der Waals surface area (Å²) < 4.78 is 31.8. The molecule has 1 aliphatic rings. The Labute approximate surface area is 112 Å². The van der Waals surface area contributed by atoms with Gasteiger partial charge in [-0.3, -0.25) is 0 Å². The lowest BCUT2D eigenvalue weighted by Crippen LogP contribution is -2.44. The monoisotopic (exact) mass is 290 g/mol. The van der Waals surface area contributed by atoms with Crippen LogP contribution < -0.4 is 5.32 Å². The Morgan fingerprint density at radius 2 is 2.33 bits per heavy atom. The van der Waals surface area contributed by atoms with Gasteiger partial charge >= 0.3 is 0 Å². The smallest absolute Gasteiger partial charge is 0.276 e. The maximum Gasteiger partial charge on any atom is 0.276 e. The minimum Gasteiger partial charge on any atom is -0.447 e. The van der Waals surface area contributed by atoms with Gasteiger partial charge in [0.1, 0.15) is 5.76 Å². The fourth-order valence-corrected chi connectivity index (χ4v) is 4.74. The average Bonchev–Trinajstić information content (AvgIpc) is 2.79. The Hall–Kier alpha value is -0.500. The Morgan fingerprint density at radius 3 is 3.00 bits per heavy atom. The maximum absolute atomic E-state index is 12.4. The first-order valence-corrected chi connectivity index (χ1v) is 8.48. The molecule has 0 bridgehead atoms. The molecule has 2 heterocycles. The first kappa shape index (κ1) is 13.9. The molecular weight excluding hydrogens is 272 g/mol. The summed E-state index contributed by atoms with van der Waals surface area (Å²) in [7, 11) is -1.69. The predicted molar refractivity (Wildman–Crippen MR) is 72.2 cm³/mol. The molecule has 1 aromatic rings. The predicted octanol–water partition coefficient (Wildman–Crippen LogP) is 1.12. The third-order valence-corrected chi connectivity index (χ3v) is 5.93. The SMILES string of the molecule is CNCc1ccc(S(=O)(=O)N2CCSCC2C)o1.